The van der Waals surface area contributed by atoms with Gasteiger partial charge in [0.1, 0.15) is 33.1 Å². The molecule has 13 aromatic heterocycles. The van der Waals surface area contributed by atoms with Crippen molar-refractivity contribution in [3.05, 3.63) is 269 Å². The van der Waals surface area contributed by atoms with Gasteiger partial charge in [-0.15, -0.1) is 0 Å². The molecule has 34 heteroatoms. The maximum absolute atomic E-state index is 13.0. The first-order chi connectivity index (χ1) is 71.4. The number of fused-ring (bicyclic) bond motifs is 18. The Balaban J connectivity index is 0.000000133. The highest BCUT2D eigenvalue weighted by atomic mass is 16.3. The molecule has 0 atom stereocenters. The number of rotatable bonds is 36. The summed E-state index contributed by atoms with van der Waals surface area (Å²) in [6.07, 6.45) is 24.0. The lowest BCUT2D eigenvalue weighted by Crippen LogP contribution is -2.23. The molecule has 34 nitrogen and oxygen atoms in total. The summed E-state index contributed by atoms with van der Waals surface area (Å²) in [6.45, 7) is 25.5. The van der Waals surface area contributed by atoms with Crippen LogP contribution in [0.15, 0.2) is 162 Å². The van der Waals surface area contributed by atoms with Crippen molar-refractivity contribution in [1.29, 1.82) is 0 Å². The van der Waals surface area contributed by atoms with Crippen molar-refractivity contribution in [1.82, 2.24) is 104 Å². The van der Waals surface area contributed by atoms with Crippen LogP contribution in [0.3, 0.4) is 0 Å². The summed E-state index contributed by atoms with van der Waals surface area (Å²) in [6, 6.07) is 43.6. The van der Waals surface area contributed by atoms with Gasteiger partial charge < -0.3 is 71.8 Å². The second-order valence-electron chi connectivity index (χ2n) is 38.8. The van der Waals surface area contributed by atoms with Crippen molar-refractivity contribution in [2.75, 3.05) is 59.5 Å². The predicted molar refractivity (Wildman–Crippen MR) is 595 cm³/mol. The molecule has 20 rings (SSSR count). The van der Waals surface area contributed by atoms with Crippen LogP contribution in [-0.4, -0.2) is 164 Å². The number of carbonyl (C=O) groups excluding carboxylic acids is 1. The molecule has 19 N–H and O–H groups in total. The first kappa shape index (κ1) is 107. The number of H-pyrrole nitrogens is 6. The van der Waals surface area contributed by atoms with Crippen molar-refractivity contribution < 1.29 is 9.90 Å². The minimum absolute atomic E-state index is 0.00145. The van der Waals surface area contributed by atoms with Crippen LogP contribution >= 0.6 is 0 Å². The first-order valence-electron chi connectivity index (χ1n) is 52.3. The van der Waals surface area contributed by atoms with Gasteiger partial charge in [0, 0.05) is 138 Å². The van der Waals surface area contributed by atoms with Crippen molar-refractivity contribution in [2.24, 2.45) is 34.6 Å². The number of hydrogen-bond donors (Lipinski definition) is 14. The number of hydrogen-bond acceptors (Lipinski definition) is 21. The van der Waals surface area contributed by atoms with Crippen LogP contribution < -0.4 is 72.7 Å². The zero-order chi connectivity index (χ0) is 104. The van der Waals surface area contributed by atoms with Crippen molar-refractivity contribution in [2.45, 2.75) is 243 Å². The zero-order valence-electron chi connectivity index (χ0n) is 86.7. The number of carbonyl (C=O) groups is 1. The summed E-state index contributed by atoms with van der Waals surface area (Å²) < 4.78 is 11.0. The topological polar surface area (TPSA) is 508 Å². The number of pyridine rings is 7. The summed E-state index contributed by atoms with van der Waals surface area (Å²) in [5, 5.41) is 69.2. The maximum atomic E-state index is 13.0. The van der Waals surface area contributed by atoms with Crippen molar-refractivity contribution in [3.63, 3.8) is 0 Å². The fourth-order valence-corrected chi connectivity index (χ4v) is 20.7. The van der Waals surface area contributed by atoms with Crippen LogP contribution in [-0.2, 0) is 89.0 Å². The van der Waals surface area contributed by atoms with E-state index in [2.05, 4.69) is 163 Å². The lowest BCUT2D eigenvalue weighted by molar-refractivity contribution is -0.118. The summed E-state index contributed by atoms with van der Waals surface area (Å²) in [5.74, 6) is 0.925. The Bertz CT molecular complexity index is 8260. The van der Waals surface area contributed by atoms with Gasteiger partial charge in [-0.3, -0.25) is 69.1 Å². The maximum Gasteiger partial charge on any atom is 0.262 e. The van der Waals surface area contributed by atoms with E-state index in [1.807, 2.05) is 128 Å². The van der Waals surface area contributed by atoms with E-state index in [9.17, 15) is 33.6 Å². The number of aryl methyl sites for hydroxylation is 19. The minimum Gasteiger partial charge on any atom is -0.396 e. The van der Waals surface area contributed by atoms with E-state index in [1.165, 1.54) is 67.7 Å². The molecule has 1 amide bonds. The number of aliphatic hydroxyl groups is 1. The molecule has 0 aliphatic heterocycles. The van der Waals surface area contributed by atoms with E-state index >= 15 is 0 Å². The largest absolute Gasteiger partial charge is 0.396 e. The molecule has 6 aromatic carbocycles. The van der Waals surface area contributed by atoms with Gasteiger partial charge in [-0.25, -0.2) is 0 Å². The van der Waals surface area contributed by atoms with Crippen LogP contribution in [0, 0.1) is 47.5 Å². The van der Waals surface area contributed by atoms with Crippen LogP contribution in [0.5, 0.6) is 0 Å². The van der Waals surface area contributed by atoms with E-state index < -0.39 is 0 Å². The fraction of sp³-hybridized carbons (Fsp3) is 0.416. The lowest BCUT2D eigenvalue weighted by atomic mass is 9.97. The molecular formula is C113H144N26O8. The molecule has 13 heterocycles. The van der Waals surface area contributed by atoms with Gasteiger partial charge in [0.15, 0.2) is 0 Å². The van der Waals surface area contributed by atoms with E-state index in [-0.39, 0.29) is 45.9 Å². The average molecular weight is 1990 g/mol. The Kier molecular flexibility index (Phi) is 36.6. The van der Waals surface area contributed by atoms with E-state index in [0.29, 0.717) is 111 Å². The third kappa shape index (κ3) is 23.9. The number of nitrogens with zero attached hydrogens (tertiary/aromatic N) is 13. The van der Waals surface area contributed by atoms with Gasteiger partial charge in [-0.2, -0.15) is 30.6 Å². The molecule has 1 aliphatic rings. The van der Waals surface area contributed by atoms with E-state index in [1.54, 1.807) is 9.13 Å². The van der Waals surface area contributed by atoms with Gasteiger partial charge in [0.2, 0.25) is 5.91 Å². The molecule has 0 spiro atoms. The molecule has 1 fully saturated rings. The van der Waals surface area contributed by atoms with E-state index in [4.69, 9.17) is 33.8 Å². The third-order valence-corrected chi connectivity index (χ3v) is 28.4. The highest BCUT2D eigenvalue weighted by molar-refractivity contribution is 6.09. The van der Waals surface area contributed by atoms with Crippen molar-refractivity contribution in [3.8, 4) is 0 Å². The summed E-state index contributed by atoms with van der Waals surface area (Å²) in [5.41, 5.74) is 51.7. The number of aromatic nitrogens is 19. The van der Waals surface area contributed by atoms with Gasteiger partial charge >= 0.3 is 0 Å². The second kappa shape index (κ2) is 50.2. The smallest absolute Gasteiger partial charge is 0.262 e. The lowest BCUT2D eigenvalue weighted by Gasteiger charge is -2.13. The number of aromatic amines is 6. The van der Waals surface area contributed by atoms with E-state index in [0.717, 1.165) is 265 Å². The molecule has 1 aliphatic carbocycles. The van der Waals surface area contributed by atoms with Crippen LogP contribution in [0.2, 0.25) is 0 Å². The Morgan fingerprint density at radius 1 is 0.361 bits per heavy atom. The Morgan fingerprint density at radius 2 is 0.653 bits per heavy atom. The minimum atomic E-state index is -0.0226. The quantitative estimate of drug-likeness (QED) is 0.0162. The predicted octanol–water partition coefficient (Wildman–Crippen LogP) is 14.7. The summed E-state index contributed by atoms with van der Waals surface area (Å²) >= 11 is 0. The fourth-order valence-electron chi connectivity index (χ4n) is 20.7. The van der Waals surface area contributed by atoms with Gasteiger partial charge in [-0.05, 0) is 315 Å². The molecule has 0 radical (unpaired) electrons. The van der Waals surface area contributed by atoms with Crippen LogP contribution in [0.4, 0.5) is 0 Å². The zero-order valence-corrected chi connectivity index (χ0v) is 86.7. The molecule has 0 unspecified atom stereocenters. The van der Waals surface area contributed by atoms with Gasteiger partial charge in [-0.1, -0.05) is 94.8 Å². The number of benzene rings is 6. The third-order valence-electron chi connectivity index (χ3n) is 28.4. The number of nitrogens with one attached hydrogen (secondary N) is 8. The molecular weight excluding hydrogens is 1850 g/mol. The van der Waals surface area contributed by atoms with Crippen molar-refractivity contribution >= 4 is 137 Å². The Labute approximate surface area is 851 Å². The second-order valence-corrected chi connectivity index (χ2v) is 38.8. The molecule has 774 valence electrons. The molecule has 1 saturated carbocycles. The number of nitrogens with two attached hydrogens (primary N) is 5. The van der Waals surface area contributed by atoms with Gasteiger partial charge in [0.05, 0.1) is 65.4 Å². The summed E-state index contributed by atoms with van der Waals surface area (Å²) in [7, 11) is 1.93. The highest BCUT2D eigenvalue weighted by Crippen LogP contribution is 2.35. The van der Waals surface area contributed by atoms with Gasteiger partial charge in [0.25, 0.3) is 33.4 Å². The van der Waals surface area contributed by atoms with Crippen LogP contribution in [0.25, 0.3) is 131 Å². The normalized spacial score (nSPS) is 12.2. The molecule has 0 bridgehead atoms. The molecule has 19 aromatic rings. The van der Waals surface area contributed by atoms with Crippen LogP contribution in [0.1, 0.15) is 190 Å². The summed E-state index contributed by atoms with van der Waals surface area (Å²) in [4.78, 5) is 92.7. The Hall–Kier alpha value is -14.3. The molecule has 0 saturated heterocycles. The SMILES string of the molecule is CC(=O)NCCCc1ccc2c(c1)c1n[nH]c(C)c1c(=O)n2CCCN.CCCc1ccc2c(c1)c1n[nH]c(C)c1c(=O)n2CCCN.CCc1ccc2c(c1)c1n[nH]c(C)c1c(=O)n2CCCNC.Cc1[nH]nc2c1c(=O)n(CCCN)c1ccc(CCCC3CCCC3)cc21.Cc1[nH]nc2c1c(=O)n(CCCN)c1ccc(CCCO)cc21.Cc1[nH]nc2c1c(=O)n(CCCN)c1ccc(CCc3ccccn3)cc21. The highest BCUT2D eigenvalue weighted by Gasteiger charge is 2.25. The molecule has 147 heavy (non-hydrogen) atoms. The number of amides is 1. The monoisotopic (exact) mass is 1990 g/mol. The standard InChI is InChI=1S/C22H30N4O.C21H23N5O.C19H25N5O2.C17H22N4O2.2C17H22N4O/c1-15-20-21(25-24-15)18-14-17(9-4-8-16-6-2-3-7-16)10-11-19(18)26(22(20)27)13-5-12-23;1-14-19-20(25-24-14)17-13-15(6-8-16-5-2-3-11-23-16)7-9-18(17)26(21(19)27)12-4-10-22;1-12-17-18(23-22-12)15-11-14(5-3-9-21-13(2)25)6-7-16(15)24(19(17)26)10-4-8-20;1-11-15-16(20-19-11)13-10-12(4-2-9-22)5-6-14(13)21(17(15)23)8-3-7-18;1-4-12-6-7-14-13(10-12)16-15(11(2)19-20-16)17(22)21(14)9-5-8-18-3;1-3-5-12-6-7-14-13(10-12)16-15(11(2)19-20-16)17(22)21(14)9-4-8-18/h10-11,14,16H,2-9,12-13,23H2,1H3,(H,24,25);2-3,5,7,9,11,13H,4,6,8,10,12,22H2,1H3,(H,24,25);6-7,11H,3-5,8-10,20H2,1-2H3,(H,21,25)(H,22,23);5-6,10,22H,2-4,7-9,18H2,1H3,(H,19,20);6-7,10,18H,4-5,8-9H2,1-3H3,(H,19,20);6-7,10H,3-5,8-9,18H2,1-2H3,(H,19,20). The first-order valence-corrected chi connectivity index (χ1v) is 52.3. The Morgan fingerprint density at radius 3 is 0.939 bits per heavy atom. The average Bonchev–Trinajstić information content (AvgIpc) is 1.67. The number of aliphatic hydroxyl groups excluding tert-OH is 1.